The molecule has 0 bridgehead atoms. The molecule has 4 heterocycles. The molecule has 3 aromatic rings. The van der Waals surface area contributed by atoms with E-state index in [0.29, 0.717) is 53.7 Å². The van der Waals surface area contributed by atoms with Crippen molar-refractivity contribution in [2.24, 2.45) is 16.8 Å². The summed E-state index contributed by atoms with van der Waals surface area (Å²) in [6.07, 6.45) is 2.18. The third kappa shape index (κ3) is 5.85. The maximum atomic E-state index is 14.9. The number of carbonyl (C=O) groups is 3. The maximum absolute atomic E-state index is 14.9. The number of nitrogens with one attached hydrogen (secondary N) is 1. The lowest BCUT2D eigenvalue weighted by Gasteiger charge is -2.36. The van der Waals surface area contributed by atoms with Gasteiger partial charge in [-0.1, -0.05) is 12.1 Å². The van der Waals surface area contributed by atoms with Crippen LogP contribution >= 0.6 is 11.3 Å². The summed E-state index contributed by atoms with van der Waals surface area (Å²) in [5.41, 5.74) is 1.61. The molecule has 3 atom stereocenters. The molecule has 1 amide bonds. The van der Waals surface area contributed by atoms with Crippen molar-refractivity contribution in [3.05, 3.63) is 92.6 Å². The normalized spacial score (nSPS) is 21.8. The summed E-state index contributed by atoms with van der Waals surface area (Å²) in [6.45, 7) is 5.11. The molecule has 0 aliphatic carbocycles. The van der Waals surface area contributed by atoms with Gasteiger partial charge in [0.05, 0.1) is 23.4 Å². The number of carboxylic acids is 1. The van der Waals surface area contributed by atoms with Crippen LogP contribution in [0, 0.1) is 30.4 Å². The van der Waals surface area contributed by atoms with Gasteiger partial charge in [0.2, 0.25) is 5.91 Å². The van der Waals surface area contributed by atoms with E-state index in [4.69, 9.17) is 9.73 Å². The van der Waals surface area contributed by atoms with Gasteiger partial charge in [0.15, 0.2) is 10.8 Å². The van der Waals surface area contributed by atoms with Gasteiger partial charge < -0.3 is 20.1 Å². The van der Waals surface area contributed by atoms with Crippen molar-refractivity contribution in [3.8, 4) is 0 Å². The first kappa shape index (κ1) is 30.5. The summed E-state index contributed by atoms with van der Waals surface area (Å²) in [4.78, 5) is 50.9. The van der Waals surface area contributed by atoms with E-state index in [1.165, 1.54) is 34.4 Å². The molecular weight excluding hydrogens is 604 g/mol. The molecule has 2 saturated heterocycles. The van der Waals surface area contributed by atoms with E-state index in [0.717, 1.165) is 6.07 Å². The molecule has 234 valence electrons. The quantitative estimate of drug-likeness (QED) is 0.351. The summed E-state index contributed by atoms with van der Waals surface area (Å²) in [5, 5.41) is 14.9. The molecule has 2 fully saturated rings. The molecule has 0 radical (unpaired) electrons. The van der Waals surface area contributed by atoms with Crippen molar-refractivity contribution in [3.63, 3.8) is 0 Å². The zero-order chi connectivity index (χ0) is 31.8. The Balaban J connectivity index is 1.30. The molecule has 0 unspecified atom stereocenters. The Hall–Kier alpha value is -4.49. The van der Waals surface area contributed by atoms with E-state index in [1.807, 2.05) is 5.38 Å². The smallest absolute Gasteiger partial charge is 0.338 e. The number of nitrogens with zero attached hydrogens (tertiary/aromatic N) is 4. The van der Waals surface area contributed by atoms with E-state index in [2.05, 4.69) is 15.2 Å². The van der Waals surface area contributed by atoms with E-state index in [1.54, 1.807) is 32.2 Å². The molecule has 6 rings (SSSR count). The molecule has 2 aromatic carbocycles. The number of amides is 1. The van der Waals surface area contributed by atoms with Crippen LogP contribution in [-0.2, 0) is 14.3 Å². The predicted octanol–water partition coefficient (Wildman–Crippen LogP) is 4.32. The van der Waals surface area contributed by atoms with Gasteiger partial charge in [-0.05, 0) is 62.2 Å². The molecule has 1 aromatic heterocycles. The van der Waals surface area contributed by atoms with Gasteiger partial charge in [-0.3, -0.25) is 14.7 Å². The zero-order valence-corrected chi connectivity index (χ0v) is 25.4. The number of esters is 1. The number of rotatable bonds is 8. The number of fused-ring (bicyclic) bond motifs is 1. The van der Waals surface area contributed by atoms with Crippen LogP contribution in [0.4, 0.5) is 14.5 Å². The van der Waals surface area contributed by atoms with Crippen LogP contribution in [0.3, 0.4) is 0 Å². The van der Waals surface area contributed by atoms with Crippen LogP contribution in [0.25, 0.3) is 0 Å². The number of hydrogen-bond donors (Lipinski definition) is 2. The van der Waals surface area contributed by atoms with Crippen molar-refractivity contribution >= 4 is 40.7 Å². The second kappa shape index (κ2) is 12.5. The molecule has 13 heteroatoms. The Labute approximate surface area is 262 Å². The van der Waals surface area contributed by atoms with E-state index in [-0.39, 0.29) is 47.7 Å². The minimum absolute atomic E-state index is 0.0600. The van der Waals surface area contributed by atoms with Crippen LogP contribution in [0.2, 0.25) is 0 Å². The van der Waals surface area contributed by atoms with Crippen molar-refractivity contribution in [1.82, 2.24) is 15.2 Å². The Morgan fingerprint density at radius 2 is 2.00 bits per heavy atom. The maximum Gasteiger partial charge on any atom is 0.338 e. The first-order chi connectivity index (χ1) is 21.7. The lowest BCUT2D eigenvalue weighted by molar-refractivity contribution is -0.139. The third-order valence-electron chi connectivity index (χ3n) is 8.55. The fraction of sp³-hybridized carbons (Fsp3) is 0.344. The number of halogens is 2. The lowest BCUT2D eigenvalue weighted by atomic mass is 9.87. The molecule has 0 saturated carbocycles. The summed E-state index contributed by atoms with van der Waals surface area (Å²) in [7, 11) is 0. The second-order valence-electron chi connectivity index (χ2n) is 11.2. The number of aliphatic imine (C=N–C) groups is 1. The number of carbonyl (C=O) groups excluding carboxylic acids is 2. The van der Waals surface area contributed by atoms with Crippen LogP contribution in [-0.4, -0.2) is 71.5 Å². The molecule has 2 N–H and O–H groups in total. The van der Waals surface area contributed by atoms with Crippen LogP contribution in [0.15, 0.2) is 64.2 Å². The van der Waals surface area contributed by atoms with Crippen molar-refractivity contribution in [1.29, 1.82) is 0 Å². The number of amidine groups is 1. The summed E-state index contributed by atoms with van der Waals surface area (Å²) in [5.74, 6) is -3.14. The Morgan fingerprint density at radius 1 is 1.18 bits per heavy atom. The van der Waals surface area contributed by atoms with Crippen LogP contribution < -0.4 is 10.2 Å². The van der Waals surface area contributed by atoms with Gasteiger partial charge in [-0.15, -0.1) is 11.3 Å². The number of piperidine rings is 1. The molecule has 0 spiro atoms. The van der Waals surface area contributed by atoms with Gasteiger partial charge in [0, 0.05) is 48.7 Å². The number of anilines is 1. The monoisotopic (exact) mass is 635 g/mol. The first-order valence-electron chi connectivity index (χ1n) is 14.6. The van der Waals surface area contributed by atoms with Gasteiger partial charge in [0.1, 0.15) is 17.7 Å². The zero-order valence-electron chi connectivity index (χ0n) is 24.6. The number of hydrogen-bond acceptors (Lipinski definition) is 9. The Kier molecular flexibility index (Phi) is 8.47. The highest BCUT2D eigenvalue weighted by Crippen LogP contribution is 2.38. The Bertz CT molecular complexity index is 1730. The molecule has 10 nitrogen and oxygen atoms in total. The number of likely N-dealkylation sites (tertiary alicyclic amines) is 1. The number of aromatic carboxylic acids is 1. The van der Waals surface area contributed by atoms with Crippen molar-refractivity contribution < 1.29 is 33.0 Å². The minimum atomic E-state index is -1.25. The molecule has 3 aliphatic heterocycles. The standard InChI is InChI=1S/C32H31F2N5O5S/c1-3-44-32(43)26-24(36-28(29-35-10-12-45-29)37-27(26)20-5-4-6-22(33)17(20)2)16-38-11-9-21-19(14-38)15-39(30(21)40)25-8-7-18(31(41)42)13-23(25)34/h4-8,10,12-13,19,21,27H,3,9,11,14-16H2,1-2H3,(H,36,37)(H,41,42)/t19-,21-,27-/m0/s1. The number of ether oxygens (including phenoxy) is 1. The molecule has 3 aliphatic rings. The van der Waals surface area contributed by atoms with Crippen molar-refractivity contribution in [2.45, 2.75) is 26.3 Å². The number of aromatic nitrogens is 1. The number of carboxylic acid groups (broad SMARTS) is 1. The minimum Gasteiger partial charge on any atom is -0.478 e. The van der Waals surface area contributed by atoms with Gasteiger partial charge in [0.25, 0.3) is 0 Å². The fourth-order valence-corrected chi connectivity index (χ4v) is 6.94. The number of benzene rings is 2. The molecule has 45 heavy (non-hydrogen) atoms. The molecular formula is C32H31F2N5O5S. The largest absolute Gasteiger partial charge is 0.478 e. The topological polar surface area (TPSA) is 124 Å². The fourth-order valence-electron chi connectivity index (χ4n) is 6.35. The van der Waals surface area contributed by atoms with Gasteiger partial charge in [-0.25, -0.2) is 23.4 Å². The lowest BCUT2D eigenvalue weighted by Crippen LogP contribution is -2.45. The second-order valence-corrected chi connectivity index (χ2v) is 12.1. The van der Waals surface area contributed by atoms with E-state index in [9.17, 15) is 28.3 Å². The van der Waals surface area contributed by atoms with Crippen molar-refractivity contribution in [2.75, 3.05) is 37.7 Å². The average Bonchev–Trinajstić information content (AvgIpc) is 3.67. The van der Waals surface area contributed by atoms with Gasteiger partial charge in [-0.2, -0.15) is 0 Å². The predicted molar refractivity (Wildman–Crippen MR) is 163 cm³/mol. The highest BCUT2D eigenvalue weighted by atomic mass is 32.1. The highest BCUT2D eigenvalue weighted by Gasteiger charge is 2.45. The summed E-state index contributed by atoms with van der Waals surface area (Å²) < 4.78 is 35.1. The van der Waals surface area contributed by atoms with E-state index < -0.39 is 29.6 Å². The summed E-state index contributed by atoms with van der Waals surface area (Å²) in [6, 6.07) is 7.42. The SMILES string of the molecule is CCOC(=O)C1=C(CN2CC[C@@H]3C(=O)N(c4ccc(C(=O)O)cc4F)C[C@@H]3C2)NC(c2nccs2)=N[C@H]1c1cccc(F)c1C. The highest BCUT2D eigenvalue weighted by molar-refractivity contribution is 7.11. The van der Waals surface area contributed by atoms with Gasteiger partial charge >= 0.3 is 11.9 Å². The number of thiazole rings is 1. The van der Waals surface area contributed by atoms with Crippen LogP contribution in [0.5, 0.6) is 0 Å². The third-order valence-corrected chi connectivity index (χ3v) is 9.33. The Morgan fingerprint density at radius 3 is 2.71 bits per heavy atom. The average molecular weight is 636 g/mol. The summed E-state index contributed by atoms with van der Waals surface area (Å²) >= 11 is 1.38. The van der Waals surface area contributed by atoms with Crippen LogP contribution in [0.1, 0.15) is 45.9 Å². The van der Waals surface area contributed by atoms with E-state index >= 15 is 0 Å². The first-order valence-corrected chi connectivity index (χ1v) is 15.5.